The van der Waals surface area contributed by atoms with Crippen LogP contribution in [0, 0.1) is 12.7 Å². The van der Waals surface area contributed by atoms with E-state index in [4.69, 9.17) is 0 Å². The number of benzene rings is 2. The molecule has 1 amide bonds. The highest BCUT2D eigenvalue weighted by Crippen LogP contribution is 2.25. The maximum atomic E-state index is 13.8. The van der Waals surface area contributed by atoms with E-state index in [1.807, 2.05) is 6.92 Å². The number of aryl methyl sites for hydroxylation is 1. The van der Waals surface area contributed by atoms with Crippen LogP contribution in [0.2, 0.25) is 0 Å². The summed E-state index contributed by atoms with van der Waals surface area (Å²) >= 11 is 0. The number of hydrogen-bond donors (Lipinski definition) is 1. The Morgan fingerprint density at radius 1 is 1.13 bits per heavy atom. The van der Waals surface area contributed by atoms with Crippen LogP contribution < -0.4 is 5.32 Å². The second-order valence-corrected chi connectivity index (χ2v) is 9.69. The molecule has 0 atom stereocenters. The average Bonchev–Trinajstić information content (AvgIpc) is 2.72. The van der Waals surface area contributed by atoms with E-state index in [1.54, 1.807) is 42.3 Å². The lowest BCUT2D eigenvalue weighted by Gasteiger charge is -2.26. The summed E-state index contributed by atoms with van der Waals surface area (Å²) in [6.07, 6.45) is 2.77. The minimum absolute atomic E-state index is 0.0525. The molecule has 1 N–H and O–H groups in total. The first-order chi connectivity index (χ1) is 14.3. The molecule has 30 heavy (non-hydrogen) atoms. The van der Waals surface area contributed by atoms with Crippen molar-refractivity contribution in [1.82, 2.24) is 9.21 Å². The van der Waals surface area contributed by atoms with E-state index in [0.29, 0.717) is 30.9 Å². The molecule has 0 unspecified atom stereocenters. The van der Waals surface area contributed by atoms with Crippen molar-refractivity contribution < 1.29 is 17.6 Å². The largest absolute Gasteiger partial charge is 0.325 e. The van der Waals surface area contributed by atoms with E-state index in [1.165, 1.54) is 16.4 Å². The SMILES string of the molecule is Cc1ccc(S(=O)(=O)N2CCCCC2)cc1NC(=O)CN(C)Cc1ccccc1F. The quantitative estimate of drug-likeness (QED) is 0.727. The summed E-state index contributed by atoms with van der Waals surface area (Å²) in [5.41, 5.74) is 1.76. The second kappa shape index (κ2) is 9.68. The summed E-state index contributed by atoms with van der Waals surface area (Å²) < 4.78 is 41.2. The highest BCUT2D eigenvalue weighted by Gasteiger charge is 2.26. The zero-order valence-corrected chi connectivity index (χ0v) is 18.2. The van der Waals surface area contributed by atoms with E-state index in [2.05, 4.69) is 5.32 Å². The summed E-state index contributed by atoms with van der Waals surface area (Å²) in [4.78, 5) is 14.4. The molecule has 0 aromatic heterocycles. The smallest absolute Gasteiger partial charge is 0.243 e. The molecule has 3 rings (SSSR count). The number of rotatable bonds is 7. The fourth-order valence-corrected chi connectivity index (χ4v) is 5.10. The van der Waals surface area contributed by atoms with Gasteiger partial charge in [0.25, 0.3) is 0 Å². The standard InChI is InChI=1S/C22H28FN3O3S/c1-17-10-11-19(30(28,29)26-12-6-3-7-13-26)14-21(17)24-22(27)16-25(2)15-18-8-4-5-9-20(18)23/h4-5,8-11,14H,3,6-7,12-13,15-16H2,1-2H3,(H,24,27). The van der Waals surface area contributed by atoms with E-state index in [9.17, 15) is 17.6 Å². The van der Waals surface area contributed by atoms with Crippen molar-refractivity contribution in [1.29, 1.82) is 0 Å². The molecule has 1 fully saturated rings. The van der Waals surface area contributed by atoms with Gasteiger partial charge in [-0.3, -0.25) is 9.69 Å². The van der Waals surface area contributed by atoms with Gasteiger partial charge in [-0.2, -0.15) is 4.31 Å². The minimum atomic E-state index is -3.58. The maximum Gasteiger partial charge on any atom is 0.243 e. The maximum absolute atomic E-state index is 13.8. The fourth-order valence-electron chi connectivity index (χ4n) is 3.56. The highest BCUT2D eigenvalue weighted by molar-refractivity contribution is 7.89. The number of nitrogens with zero attached hydrogens (tertiary/aromatic N) is 2. The number of piperidine rings is 1. The lowest BCUT2D eigenvalue weighted by Crippen LogP contribution is -2.35. The number of carbonyl (C=O) groups excluding carboxylic acids is 1. The van der Waals surface area contributed by atoms with Crippen LogP contribution in [0.15, 0.2) is 47.4 Å². The number of sulfonamides is 1. The zero-order valence-electron chi connectivity index (χ0n) is 17.4. The number of anilines is 1. The van der Waals surface area contributed by atoms with Gasteiger partial charge in [0.05, 0.1) is 11.4 Å². The molecule has 162 valence electrons. The summed E-state index contributed by atoms with van der Waals surface area (Å²) in [7, 11) is -1.84. The molecule has 6 nitrogen and oxygen atoms in total. The van der Waals surface area contributed by atoms with Gasteiger partial charge in [0.15, 0.2) is 0 Å². The summed E-state index contributed by atoms with van der Waals surface area (Å²) in [6.45, 7) is 3.22. The summed E-state index contributed by atoms with van der Waals surface area (Å²) in [6, 6.07) is 11.3. The van der Waals surface area contributed by atoms with Crippen molar-refractivity contribution in [2.24, 2.45) is 0 Å². The van der Waals surface area contributed by atoms with Crippen molar-refractivity contribution in [2.75, 3.05) is 32.0 Å². The van der Waals surface area contributed by atoms with Gasteiger partial charge in [0.1, 0.15) is 5.82 Å². The molecule has 1 heterocycles. The Morgan fingerprint density at radius 2 is 1.83 bits per heavy atom. The molecule has 1 aliphatic rings. The van der Waals surface area contributed by atoms with Crippen LogP contribution in [0.1, 0.15) is 30.4 Å². The number of hydrogen-bond acceptors (Lipinski definition) is 4. The van der Waals surface area contributed by atoms with E-state index >= 15 is 0 Å². The monoisotopic (exact) mass is 433 g/mol. The molecule has 0 saturated carbocycles. The van der Waals surface area contributed by atoms with Gasteiger partial charge in [-0.25, -0.2) is 12.8 Å². The Hall–Kier alpha value is -2.29. The average molecular weight is 434 g/mol. The fraction of sp³-hybridized carbons (Fsp3) is 0.409. The Morgan fingerprint density at radius 3 is 2.53 bits per heavy atom. The Balaban J connectivity index is 1.68. The first kappa shape index (κ1) is 22.4. The molecule has 0 aliphatic carbocycles. The Bertz CT molecular complexity index is 1000. The van der Waals surface area contributed by atoms with Crippen LogP contribution in [-0.2, 0) is 21.4 Å². The van der Waals surface area contributed by atoms with Crippen molar-refractivity contribution in [3.63, 3.8) is 0 Å². The van der Waals surface area contributed by atoms with Crippen molar-refractivity contribution in [2.45, 2.75) is 37.6 Å². The lowest BCUT2D eigenvalue weighted by atomic mass is 10.2. The van der Waals surface area contributed by atoms with Gasteiger partial charge in [-0.15, -0.1) is 0 Å². The second-order valence-electron chi connectivity index (χ2n) is 7.75. The van der Waals surface area contributed by atoms with E-state index < -0.39 is 10.0 Å². The van der Waals surface area contributed by atoms with Gasteiger partial charge in [0, 0.05) is 30.9 Å². The van der Waals surface area contributed by atoms with Crippen molar-refractivity contribution >= 4 is 21.6 Å². The minimum Gasteiger partial charge on any atom is -0.325 e. The van der Waals surface area contributed by atoms with E-state index in [-0.39, 0.29) is 23.2 Å². The van der Waals surface area contributed by atoms with Gasteiger partial charge >= 0.3 is 0 Å². The van der Waals surface area contributed by atoms with E-state index in [0.717, 1.165) is 24.8 Å². The summed E-state index contributed by atoms with van der Waals surface area (Å²) in [5.74, 6) is -0.597. The third-order valence-electron chi connectivity index (χ3n) is 5.25. The van der Waals surface area contributed by atoms with Gasteiger partial charge < -0.3 is 5.32 Å². The van der Waals surface area contributed by atoms with Crippen LogP contribution in [0.3, 0.4) is 0 Å². The van der Waals surface area contributed by atoms with Crippen LogP contribution in [0.5, 0.6) is 0 Å². The molecule has 0 radical (unpaired) electrons. The molecular formula is C22H28FN3O3S. The topological polar surface area (TPSA) is 69.7 Å². The van der Waals surface area contributed by atoms with Gasteiger partial charge in [-0.05, 0) is 50.6 Å². The normalized spacial score (nSPS) is 15.3. The molecule has 0 bridgehead atoms. The third-order valence-corrected chi connectivity index (χ3v) is 7.14. The lowest BCUT2D eigenvalue weighted by molar-refractivity contribution is -0.117. The zero-order chi connectivity index (χ0) is 21.7. The molecule has 8 heteroatoms. The summed E-state index contributed by atoms with van der Waals surface area (Å²) in [5, 5.41) is 2.80. The number of nitrogens with one attached hydrogen (secondary N) is 1. The Kier molecular flexibility index (Phi) is 7.23. The number of carbonyl (C=O) groups is 1. The number of halogens is 1. The number of amides is 1. The molecule has 1 aliphatic heterocycles. The third kappa shape index (κ3) is 5.44. The van der Waals surface area contributed by atoms with Crippen LogP contribution >= 0.6 is 0 Å². The van der Waals surface area contributed by atoms with Gasteiger partial charge in [-0.1, -0.05) is 30.7 Å². The van der Waals surface area contributed by atoms with Crippen molar-refractivity contribution in [3.8, 4) is 0 Å². The Labute approximate surface area is 177 Å². The van der Waals surface area contributed by atoms with Gasteiger partial charge in [0.2, 0.25) is 15.9 Å². The first-order valence-electron chi connectivity index (χ1n) is 10.1. The van der Waals surface area contributed by atoms with Crippen LogP contribution in [0.4, 0.5) is 10.1 Å². The van der Waals surface area contributed by atoms with Crippen LogP contribution in [-0.4, -0.2) is 50.2 Å². The molecule has 2 aromatic carbocycles. The molecule has 2 aromatic rings. The molecule has 1 saturated heterocycles. The first-order valence-corrected chi connectivity index (χ1v) is 11.5. The number of likely N-dealkylation sites (N-methyl/N-ethyl adjacent to an activating group) is 1. The highest BCUT2D eigenvalue weighted by atomic mass is 32.2. The van der Waals surface area contributed by atoms with Crippen molar-refractivity contribution in [3.05, 3.63) is 59.4 Å². The predicted molar refractivity (Wildman–Crippen MR) is 115 cm³/mol. The molecular weight excluding hydrogens is 405 g/mol. The molecule has 0 spiro atoms. The van der Waals surface area contributed by atoms with Crippen LogP contribution in [0.25, 0.3) is 0 Å². The predicted octanol–water partition coefficient (Wildman–Crippen LogP) is 3.38.